The van der Waals surface area contributed by atoms with Crippen LogP contribution in [0.15, 0.2) is 23.8 Å². The van der Waals surface area contributed by atoms with Crippen LogP contribution in [0.1, 0.15) is 0 Å². The summed E-state index contributed by atoms with van der Waals surface area (Å²) in [6, 6.07) is 0. The molecule has 0 saturated carbocycles. The second-order valence-electron chi connectivity index (χ2n) is 3.76. The Labute approximate surface area is 91.4 Å². The van der Waals surface area contributed by atoms with Crippen molar-refractivity contribution in [3.8, 4) is 0 Å². The lowest BCUT2D eigenvalue weighted by Crippen LogP contribution is -2.44. The van der Waals surface area contributed by atoms with Crippen molar-refractivity contribution in [1.29, 1.82) is 0 Å². The first-order chi connectivity index (χ1) is 7.16. The molecule has 0 amide bonds. The van der Waals surface area contributed by atoms with Crippen LogP contribution < -0.4 is 16.8 Å². The average Bonchev–Trinajstić information content (AvgIpc) is 2.26. The Hall–Kier alpha value is -1.36. The van der Waals surface area contributed by atoms with Gasteiger partial charge in [0.2, 0.25) is 0 Å². The van der Waals surface area contributed by atoms with Gasteiger partial charge in [-0.15, -0.1) is 0 Å². The van der Waals surface area contributed by atoms with Gasteiger partial charge in [0.1, 0.15) is 5.82 Å². The van der Waals surface area contributed by atoms with Gasteiger partial charge in [0.05, 0.1) is 5.70 Å². The van der Waals surface area contributed by atoms with Crippen LogP contribution in [-0.2, 0) is 0 Å². The molecule has 0 atom stereocenters. The summed E-state index contributed by atoms with van der Waals surface area (Å²) in [5, 5.41) is 3.31. The smallest absolute Gasteiger partial charge is 0.122 e. The number of hydrogen-bond donors (Lipinski definition) is 3. The molecule has 0 aromatic heterocycles. The molecule has 5 N–H and O–H groups in total. The Morgan fingerprint density at radius 2 is 1.93 bits per heavy atom. The van der Waals surface area contributed by atoms with E-state index in [1.807, 2.05) is 25.1 Å². The second kappa shape index (κ2) is 5.50. The van der Waals surface area contributed by atoms with Crippen molar-refractivity contribution in [3.05, 3.63) is 23.8 Å². The van der Waals surface area contributed by atoms with Crippen LogP contribution in [-0.4, -0.2) is 50.1 Å². The highest BCUT2D eigenvalue weighted by molar-refractivity contribution is 5.22. The molecular weight excluding hydrogens is 190 g/mol. The van der Waals surface area contributed by atoms with Crippen molar-refractivity contribution < 1.29 is 0 Å². The summed E-state index contributed by atoms with van der Waals surface area (Å²) in [6.07, 6.45) is 3.40. The van der Waals surface area contributed by atoms with E-state index in [1.54, 1.807) is 0 Å². The molecule has 0 aromatic carbocycles. The first-order valence-corrected chi connectivity index (χ1v) is 5.18. The van der Waals surface area contributed by atoms with Gasteiger partial charge < -0.3 is 26.6 Å². The maximum Gasteiger partial charge on any atom is 0.122 e. The van der Waals surface area contributed by atoms with Crippen molar-refractivity contribution in [2.24, 2.45) is 11.5 Å². The van der Waals surface area contributed by atoms with E-state index >= 15 is 0 Å². The molecule has 1 rings (SSSR count). The van der Waals surface area contributed by atoms with Gasteiger partial charge in [-0.05, 0) is 12.3 Å². The van der Waals surface area contributed by atoms with Crippen molar-refractivity contribution in [2.45, 2.75) is 0 Å². The van der Waals surface area contributed by atoms with Gasteiger partial charge >= 0.3 is 0 Å². The molecule has 5 nitrogen and oxygen atoms in total. The Kier molecular flexibility index (Phi) is 4.30. The molecule has 0 spiro atoms. The number of nitrogens with zero attached hydrogens (tertiary/aromatic N) is 2. The van der Waals surface area contributed by atoms with E-state index in [1.165, 1.54) is 6.20 Å². The van der Waals surface area contributed by atoms with Gasteiger partial charge in [0.15, 0.2) is 0 Å². The van der Waals surface area contributed by atoms with Gasteiger partial charge in [0, 0.05) is 40.3 Å². The standard InChI is InChI=1S/C10H21N5/c1-14(2)10(12)9(3-4-11)15-7-5-13-6-8-15/h3-4,13H,5-8,11-12H2,1-2H3/b4-3-,10-9-. The third-order valence-corrected chi connectivity index (χ3v) is 2.46. The number of rotatable bonds is 3. The van der Waals surface area contributed by atoms with Gasteiger partial charge in [-0.2, -0.15) is 0 Å². The summed E-state index contributed by atoms with van der Waals surface area (Å²) < 4.78 is 0. The lowest BCUT2D eigenvalue weighted by molar-refractivity contribution is 0.295. The Bertz CT molecular complexity index is 251. The maximum absolute atomic E-state index is 6.01. The third-order valence-electron chi connectivity index (χ3n) is 2.46. The number of hydrogen-bond acceptors (Lipinski definition) is 5. The SMILES string of the molecule is CN(C)/C(N)=C(/C=C\N)N1CCNCC1. The monoisotopic (exact) mass is 211 g/mol. The largest absolute Gasteiger partial charge is 0.405 e. The minimum Gasteiger partial charge on any atom is -0.405 e. The predicted molar refractivity (Wildman–Crippen MR) is 62.7 cm³/mol. The summed E-state index contributed by atoms with van der Waals surface area (Å²) in [5.74, 6) is 0.749. The molecule has 1 aliphatic heterocycles. The molecule has 0 aliphatic carbocycles. The number of nitrogens with one attached hydrogen (secondary N) is 1. The van der Waals surface area contributed by atoms with Crippen LogP contribution in [0.3, 0.4) is 0 Å². The first kappa shape index (κ1) is 11.7. The molecule has 0 bridgehead atoms. The maximum atomic E-state index is 6.01. The Morgan fingerprint density at radius 1 is 1.33 bits per heavy atom. The van der Waals surface area contributed by atoms with E-state index in [0.29, 0.717) is 0 Å². The average molecular weight is 211 g/mol. The zero-order valence-electron chi connectivity index (χ0n) is 9.53. The zero-order chi connectivity index (χ0) is 11.3. The van der Waals surface area contributed by atoms with E-state index in [9.17, 15) is 0 Å². The molecule has 0 unspecified atom stereocenters. The van der Waals surface area contributed by atoms with Gasteiger partial charge in [0.25, 0.3) is 0 Å². The van der Waals surface area contributed by atoms with E-state index in [4.69, 9.17) is 11.5 Å². The van der Waals surface area contributed by atoms with Crippen LogP contribution in [0.5, 0.6) is 0 Å². The fraction of sp³-hybridized carbons (Fsp3) is 0.600. The molecule has 86 valence electrons. The fourth-order valence-electron chi connectivity index (χ4n) is 1.58. The highest BCUT2D eigenvalue weighted by Gasteiger charge is 2.14. The fourth-order valence-corrected chi connectivity index (χ4v) is 1.58. The Balaban J connectivity index is 2.85. The predicted octanol–water partition coefficient (Wildman–Crippen LogP) is -0.947. The molecule has 1 fully saturated rings. The summed E-state index contributed by atoms with van der Waals surface area (Å²) in [6.45, 7) is 3.91. The van der Waals surface area contributed by atoms with E-state index in [0.717, 1.165) is 37.7 Å². The van der Waals surface area contributed by atoms with E-state index < -0.39 is 0 Å². The van der Waals surface area contributed by atoms with Crippen molar-refractivity contribution in [1.82, 2.24) is 15.1 Å². The van der Waals surface area contributed by atoms with Crippen molar-refractivity contribution in [3.63, 3.8) is 0 Å². The molecule has 15 heavy (non-hydrogen) atoms. The van der Waals surface area contributed by atoms with Crippen LogP contribution in [0.4, 0.5) is 0 Å². The summed E-state index contributed by atoms with van der Waals surface area (Å²) >= 11 is 0. The number of piperazine rings is 1. The van der Waals surface area contributed by atoms with Gasteiger partial charge in [-0.1, -0.05) is 0 Å². The minimum absolute atomic E-state index is 0.749. The third kappa shape index (κ3) is 3.06. The summed E-state index contributed by atoms with van der Waals surface area (Å²) in [7, 11) is 3.86. The summed E-state index contributed by atoms with van der Waals surface area (Å²) in [4.78, 5) is 4.15. The topological polar surface area (TPSA) is 70.5 Å². The van der Waals surface area contributed by atoms with Crippen molar-refractivity contribution in [2.75, 3.05) is 40.3 Å². The van der Waals surface area contributed by atoms with E-state index in [2.05, 4.69) is 10.2 Å². The molecule has 0 radical (unpaired) electrons. The molecule has 1 aliphatic rings. The van der Waals surface area contributed by atoms with Crippen molar-refractivity contribution >= 4 is 0 Å². The quantitative estimate of drug-likeness (QED) is 0.525. The Morgan fingerprint density at radius 3 is 2.40 bits per heavy atom. The highest BCUT2D eigenvalue weighted by atomic mass is 15.2. The normalized spacial score (nSPS) is 19.2. The number of nitrogens with two attached hydrogens (primary N) is 2. The van der Waals surface area contributed by atoms with Crippen LogP contribution in [0.25, 0.3) is 0 Å². The lowest BCUT2D eigenvalue weighted by Gasteiger charge is -2.32. The minimum atomic E-state index is 0.749. The molecule has 1 saturated heterocycles. The second-order valence-corrected chi connectivity index (χ2v) is 3.76. The highest BCUT2D eigenvalue weighted by Crippen LogP contribution is 2.11. The van der Waals surface area contributed by atoms with Gasteiger partial charge in [-0.25, -0.2) is 0 Å². The summed E-state index contributed by atoms with van der Waals surface area (Å²) in [5.41, 5.74) is 12.5. The van der Waals surface area contributed by atoms with Gasteiger partial charge in [-0.3, -0.25) is 0 Å². The van der Waals surface area contributed by atoms with Crippen LogP contribution in [0, 0.1) is 0 Å². The molecule has 1 heterocycles. The van der Waals surface area contributed by atoms with Crippen LogP contribution in [0.2, 0.25) is 0 Å². The van der Waals surface area contributed by atoms with E-state index in [-0.39, 0.29) is 0 Å². The molecule has 0 aromatic rings. The molecular formula is C10H21N5. The first-order valence-electron chi connectivity index (χ1n) is 5.18. The number of allylic oxidation sites excluding steroid dienone is 1. The zero-order valence-corrected chi connectivity index (χ0v) is 9.53. The lowest BCUT2D eigenvalue weighted by atomic mass is 10.3. The molecule has 5 heteroatoms. The van der Waals surface area contributed by atoms with Crippen LogP contribution >= 0.6 is 0 Å².